The summed E-state index contributed by atoms with van der Waals surface area (Å²) in [5.41, 5.74) is 0.577. The molecule has 0 saturated carbocycles. The van der Waals surface area contributed by atoms with Gasteiger partial charge in [0.2, 0.25) is 0 Å². The second-order valence-electron chi connectivity index (χ2n) is 3.85. The van der Waals surface area contributed by atoms with Crippen molar-refractivity contribution in [3.63, 3.8) is 0 Å². The number of para-hydroxylation sites is 1. The molecule has 1 heterocycles. The van der Waals surface area contributed by atoms with Crippen LogP contribution in [0.25, 0.3) is 0 Å². The van der Waals surface area contributed by atoms with Crippen molar-refractivity contribution in [2.45, 2.75) is 13.5 Å². The normalized spacial score (nSPS) is 10.6. The molecule has 0 fully saturated rings. The van der Waals surface area contributed by atoms with Gasteiger partial charge in [-0.1, -0.05) is 40.9 Å². The number of nitrogens with one attached hydrogen (secondary N) is 1. The fourth-order valence-electron chi connectivity index (χ4n) is 1.53. The van der Waals surface area contributed by atoms with E-state index in [-0.39, 0.29) is 0 Å². The van der Waals surface area contributed by atoms with Gasteiger partial charge in [0.25, 0.3) is 0 Å². The van der Waals surface area contributed by atoms with Gasteiger partial charge in [-0.05, 0) is 19.1 Å². The molecular formula is C13H12Cl3N3O. The molecule has 0 aliphatic rings. The quantitative estimate of drug-likeness (QED) is 0.805. The Morgan fingerprint density at radius 1 is 1.15 bits per heavy atom. The highest BCUT2D eigenvalue weighted by Gasteiger charge is 2.09. The van der Waals surface area contributed by atoms with Gasteiger partial charge in [-0.25, -0.2) is 9.97 Å². The fourth-order valence-corrected chi connectivity index (χ4v) is 2.22. The third-order valence-electron chi connectivity index (χ3n) is 2.39. The van der Waals surface area contributed by atoms with Crippen molar-refractivity contribution in [1.82, 2.24) is 9.97 Å². The zero-order valence-electron chi connectivity index (χ0n) is 10.7. The van der Waals surface area contributed by atoms with Crippen LogP contribution in [0.5, 0.6) is 0 Å². The smallest absolute Gasteiger partial charge is 0.158 e. The van der Waals surface area contributed by atoms with E-state index in [2.05, 4.69) is 15.3 Å². The predicted octanol–water partition coefficient (Wildman–Crippen LogP) is 4.72. The highest BCUT2D eigenvalue weighted by molar-refractivity contribution is 6.39. The van der Waals surface area contributed by atoms with Crippen molar-refractivity contribution >= 4 is 46.3 Å². The molecule has 0 atom stereocenters. The number of nitrogens with zero attached hydrogens (tertiary/aromatic N) is 2. The lowest BCUT2D eigenvalue weighted by Gasteiger charge is -2.11. The van der Waals surface area contributed by atoms with Crippen molar-refractivity contribution in [3.8, 4) is 0 Å². The number of aromatic nitrogens is 2. The second kappa shape index (κ2) is 7.09. The van der Waals surface area contributed by atoms with E-state index >= 15 is 0 Å². The van der Waals surface area contributed by atoms with Crippen LogP contribution in [0, 0.1) is 0 Å². The average Bonchev–Trinajstić information content (AvgIpc) is 2.40. The molecule has 4 nitrogen and oxygen atoms in total. The summed E-state index contributed by atoms with van der Waals surface area (Å²) in [6, 6.07) is 6.83. The second-order valence-corrected chi connectivity index (χ2v) is 5.05. The third-order valence-corrected chi connectivity index (χ3v) is 3.22. The highest BCUT2D eigenvalue weighted by Crippen LogP contribution is 2.32. The van der Waals surface area contributed by atoms with Crippen molar-refractivity contribution in [1.29, 1.82) is 0 Å². The van der Waals surface area contributed by atoms with E-state index in [1.807, 2.05) is 6.92 Å². The highest BCUT2D eigenvalue weighted by atomic mass is 35.5. The van der Waals surface area contributed by atoms with E-state index in [1.54, 1.807) is 24.3 Å². The Labute approximate surface area is 132 Å². The maximum Gasteiger partial charge on any atom is 0.158 e. The molecule has 1 aromatic carbocycles. The Balaban J connectivity index is 2.27. The Morgan fingerprint density at radius 2 is 1.85 bits per heavy atom. The van der Waals surface area contributed by atoms with Gasteiger partial charge in [-0.15, -0.1) is 0 Å². The van der Waals surface area contributed by atoms with E-state index in [9.17, 15) is 0 Å². The van der Waals surface area contributed by atoms with E-state index in [0.717, 1.165) is 0 Å². The monoisotopic (exact) mass is 331 g/mol. The molecule has 1 aromatic heterocycles. The first-order chi connectivity index (χ1) is 9.60. The number of hydrogen-bond acceptors (Lipinski definition) is 4. The Bertz CT molecular complexity index is 587. The van der Waals surface area contributed by atoms with Gasteiger partial charge >= 0.3 is 0 Å². The van der Waals surface area contributed by atoms with Gasteiger partial charge in [0.05, 0.1) is 15.7 Å². The Kier molecular flexibility index (Phi) is 5.43. The SMILES string of the molecule is CCOCc1nc(Cl)cc(Nc2c(Cl)cccc2Cl)n1. The first kappa shape index (κ1) is 15.3. The van der Waals surface area contributed by atoms with Gasteiger partial charge in [-0.3, -0.25) is 0 Å². The summed E-state index contributed by atoms with van der Waals surface area (Å²) in [6.07, 6.45) is 0. The molecule has 20 heavy (non-hydrogen) atoms. The largest absolute Gasteiger partial charge is 0.374 e. The number of halogens is 3. The lowest BCUT2D eigenvalue weighted by atomic mass is 10.3. The summed E-state index contributed by atoms with van der Waals surface area (Å²) in [6.45, 7) is 2.77. The molecule has 0 spiro atoms. The van der Waals surface area contributed by atoms with Gasteiger partial charge in [0.15, 0.2) is 5.82 Å². The summed E-state index contributed by atoms with van der Waals surface area (Å²) in [7, 11) is 0. The molecule has 106 valence electrons. The van der Waals surface area contributed by atoms with Crippen molar-refractivity contribution in [3.05, 3.63) is 45.3 Å². The summed E-state index contributed by atoms with van der Waals surface area (Å²) < 4.78 is 5.26. The van der Waals surface area contributed by atoms with Crippen molar-refractivity contribution in [2.75, 3.05) is 11.9 Å². The van der Waals surface area contributed by atoms with Crippen LogP contribution in [0.1, 0.15) is 12.7 Å². The molecule has 0 amide bonds. The minimum Gasteiger partial charge on any atom is -0.374 e. The van der Waals surface area contributed by atoms with Gasteiger partial charge in [0.1, 0.15) is 17.6 Å². The van der Waals surface area contributed by atoms with Gasteiger partial charge in [0, 0.05) is 12.7 Å². The number of ether oxygens (including phenoxy) is 1. The maximum absolute atomic E-state index is 6.09. The summed E-state index contributed by atoms with van der Waals surface area (Å²) in [4.78, 5) is 8.38. The molecule has 2 aromatic rings. The standard InChI is InChI=1S/C13H12Cl3N3O/c1-2-20-7-12-17-10(16)6-11(18-12)19-13-8(14)4-3-5-9(13)15/h3-6H,2,7H2,1H3,(H,17,18,19). The van der Waals surface area contributed by atoms with E-state index in [0.29, 0.717) is 45.7 Å². The Hall–Kier alpha value is -1.07. The third kappa shape index (κ3) is 3.96. The van der Waals surface area contributed by atoms with Crippen LogP contribution in [0.3, 0.4) is 0 Å². The first-order valence-electron chi connectivity index (χ1n) is 5.92. The lowest BCUT2D eigenvalue weighted by Crippen LogP contribution is -2.03. The Morgan fingerprint density at radius 3 is 2.50 bits per heavy atom. The number of rotatable bonds is 5. The summed E-state index contributed by atoms with van der Waals surface area (Å²) in [5, 5.41) is 4.36. The summed E-state index contributed by atoms with van der Waals surface area (Å²) in [5.74, 6) is 1.000. The van der Waals surface area contributed by atoms with Crippen LogP contribution in [0.15, 0.2) is 24.3 Å². The van der Waals surface area contributed by atoms with E-state index in [1.165, 1.54) is 0 Å². The molecular weight excluding hydrogens is 321 g/mol. The predicted molar refractivity (Wildman–Crippen MR) is 82.1 cm³/mol. The lowest BCUT2D eigenvalue weighted by molar-refractivity contribution is 0.128. The first-order valence-corrected chi connectivity index (χ1v) is 7.05. The minimum absolute atomic E-state index is 0.294. The van der Waals surface area contributed by atoms with Crippen LogP contribution in [0.4, 0.5) is 11.5 Å². The van der Waals surface area contributed by atoms with E-state index in [4.69, 9.17) is 39.5 Å². The maximum atomic E-state index is 6.09. The number of benzene rings is 1. The number of hydrogen-bond donors (Lipinski definition) is 1. The molecule has 7 heteroatoms. The van der Waals surface area contributed by atoms with Crippen LogP contribution >= 0.6 is 34.8 Å². The van der Waals surface area contributed by atoms with Crippen molar-refractivity contribution in [2.24, 2.45) is 0 Å². The van der Waals surface area contributed by atoms with Crippen LogP contribution in [0.2, 0.25) is 15.2 Å². The molecule has 2 rings (SSSR count). The van der Waals surface area contributed by atoms with Crippen LogP contribution in [-0.4, -0.2) is 16.6 Å². The van der Waals surface area contributed by atoms with Crippen molar-refractivity contribution < 1.29 is 4.74 Å². The molecule has 0 aliphatic heterocycles. The summed E-state index contributed by atoms with van der Waals surface area (Å²) >= 11 is 18.2. The van der Waals surface area contributed by atoms with E-state index < -0.39 is 0 Å². The van der Waals surface area contributed by atoms with Gasteiger partial charge < -0.3 is 10.1 Å². The fraction of sp³-hybridized carbons (Fsp3) is 0.231. The molecule has 0 saturated heterocycles. The molecule has 1 N–H and O–H groups in total. The topological polar surface area (TPSA) is 47.0 Å². The van der Waals surface area contributed by atoms with Gasteiger partial charge in [-0.2, -0.15) is 0 Å². The minimum atomic E-state index is 0.294. The van der Waals surface area contributed by atoms with Crippen LogP contribution < -0.4 is 5.32 Å². The average molecular weight is 333 g/mol. The molecule has 0 aliphatic carbocycles. The van der Waals surface area contributed by atoms with Crippen LogP contribution in [-0.2, 0) is 11.3 Å². The zero-order valence-corrected chi connectivity index (χ0v) is 12.9. The number of anilines is 2. The molecule has 0 bridgehead atoms. The zero-order chi connectivity index (χ0) is 14.5. The molecule has 0 radical (unpaired) electrons. The molecule has 0 unspecified atom stereocenters.